The largest absolute Gasteiger partial charge is 0.389 e. The minimum atomic E-state index is -0.527. The Bertz CT molecular complexity index is 343. The fourth-order valence-electron chi connectivity index (χ4n) is 1.70. The lowest BCUT2D eigenvalue weighted by molar-refractivity contribution is 0.0695. The number of methoxy groups -OCH3 is 1. The molecular weight excluding hydrogens is 232 g/mol. The number of hydrogen-bond acceptors (Lipinski definition) is 5. The molecule has 5 heteroatoms. The molecule has 18 heavy (non-hydrogen) atoms. The molecule has 0 amide bonds. The molecule has 0 aliphatic rings. The van der Waals surface area contributed by atoms with E-state index >= 15 is 0 Å². The summed E-state index contributed by atoms with van der Waals surface area (Å²) in [7, 11) is 3.44. The number of hydrogen-bond donors (Lipinski definition) is 2. The van der Waals surface area contributed by atoms with Crippen LogP contribution in [0.1, 0.15) is 25.1 Å². The summed E-state index contributed by atoms with van der Waals surface area (Å²) in [5.41, 5.74) is 1.57. The van der Waals surface area contributed by atoms with Crippen molar-refractivity contribution in [2.45, 2.75) is 25.6 Å². The second-order valence-electron chi connectivity index (χ2n) is 4.35. The third-order valence-electron chi connectivity index (χ3n) is 2.78. The first kappa shape index (κ1) is 14.9. The molecule has 0 saturated heterocycles. The highest BCUT2D eigenvalue weighted by molar-refractivity contribution is 5.43. The molecule has 1 aromatic rings. The molecule has 0 fully saturated rings. The van der Waals surface area contributed by atoms with Crippen molar-refractivity contribution in [2.75, 3.05) is 32.2 Å². The molecule has 2 atom stereocenters. The Hall–Kier alpha value is -1.17. The van der Waals surface area contributed by atoms with E-state index in [1.807, 2.05) is 31.0 Å². The summed E-state index contributed by atoms with van der Waals surface area (Å²) in [5, 5.41) is 19.3. The highest BCUT2D eigenvalue weighted by Crippen LogP contribution is 2.17. The zero-order valence-corrected chi connectivity index (χ0v) is 11.2. The van der Waals surface area contributed by atoms with Gasteiger partial charge in [0.15, 0.2) is 0 Å². The van der Waals surface area contributed by atoms with E-state index in [0.29, 0.717) is 25.3 Å². The van der Waals surface area contributed by atoms with Crippen LogP contribution in [-0.2, 0) is 4.74 Å². The number of aliphatic hydroxyl groups is 2. The molecule has 0 aromatic carbocycles. The number of nitrogens with zero attached hydrogens (tertiary/aromatic N) is 2. The van der Waals surface area contributed by atoms with Gasteiger partial charge in [0.2, 0.25) is 0 Å². The zero-order chi connectivity index (χ0) is 13.5. The van der Waals surface area contributed by atoms with Crippen LogP contribution in [0, 0.1) is 0 Å². The SMILES string of the molecule is CC[C@H](O)c1ccc(N(C)CC(O)COC)cn1. The molecule has 1 aromatic heterocycles. The second kappa shape index (κ2) is 7.31. The van der Waals surface area contributed by atoms with Crippen molar-refractivity contribution in [2.24, 2.45) is 0 Å². The molecule has 0 bridgehead atoms. The van der Waals surface area contributed by atoms with Crippen molar-refractivity contribution >= 4 is 5.69 Å². The first-order valence-electron chi connectivity index (χ1n) is 6.10. The molecule has 5 nitrogen and oxygen atoms in total. The maximum Gasteiger partial charge on any atom is 0.0957 e. The maximum atomic E-state index is 9.64. The van der Waals surface area contributed by atoms with Crippen molar-refractivity contribution in [3.8, 4) is 0 Å². The van der Waals surface area contributed by atoms with E-state index in [1.165, 1.54) is 0 Å². The van der Waals surface area contributed by atoms with Crippen LogP contribution >= 0.6 is 0 Å². The summed E-state index contributed by atoms with van der Waals surface area (Å²) in [5.74, 6) is 0. The molecule has 1 unspecified atom stereocenters. The van der Waals surface area contributed by atoms with Crippen LogP contribution in [0.2, 0.25) is 0 Å². The smallest absolute Gasteiger partial charge is 0.0957 e. The predicted octanol–water partition coefficient (Wildman–Crippen LogP) is 0.969. The summed E-state index contributed by atoms with van der Waals surface area (Å²) in [6.45, 7) is 2.70. The lowest BCUT2D eigenvalue weighted by Crippen LogP contribution is -2.31. The number of pyridine rings is 1. The Kier molecular flexibility index (Phi) is 6.04. The summed E-state index contributed by atoms with van der Waals surface area (Å²) >= 11 is 0. The first-order chi connectivity index (χ1) is 8.58. The van der Waals surface area contributed by atoms with Crippen molar-refractivity contribution in [1.82, 2.24) is 4.98 Å². The maximum absolute atomic E-state index is 9.64. The van der Waals surface area contributed by atoms with Gasteiger partial charge in [-0.05, 0) is 18.6 Å². The van der Waals surface area contributed by atoms with E-state index in [9.17, 15) is 10.2 Å². The van der Waals surface area contributed by atoms with Gasteiger partial charge >= 0.3 is 0 Å². The lowest BCUT2D eigenvalue weighted by Gasteiger charge is -2.22. The normalized spacial score (nSPS) is 14.3. The van der Waals surface area contributed by atoms with Gasteiger partial charge in [-0.3, -0.25) is 4.98 Å². The van der Waals surface area contributed by atoms with E-state index < -0.39 is 12.2 Å². The molecule has 102 valence electrons. The Morgan fingerprint density at radius 2 is 2.11 bits per heavy atom. The van der Waals surface area contributed by atoms with Crippen molar-refractivity contribution in [3.05, 3.63) is 24.0 Å². The van der Waals surface area contributed by atoms with E-state index in [-0.39, 0.29) is 0 Å². The number of aromatic nitrogens is 1. The minimum absolute atomic E-state index is 0.310. The van der Waals surface area contributed by atoms with E-state index in [1.54, 1.807) is 13.3 Å². The zero-order valence-electron chi connectivity index (χ0n) is 11.2. The molecule has 1 heterocycles. The van der Waals surface area contributed by atoms with Gasteiger partial charge in [0, 0.05) is 20.7 Å². The lowest BCUT2D eigenvalue weighted by atomic mass is 10.2. The van der Waals surface area contributed by atoms with Crippen LogP contribution in [0.5, 0.6) is 0 Å². The van der Waals surface area contributed by atoms with Crippen LogP contribution < -0.4 is 4.90 Å². The molecular formula is C13H22N2O3. The van der Waals surface area contributed by atoms with Gasteiger partial charge in [0.05, 0.1) is 36.4 Å². The summed E-state index contributed by atoms with van der Waals surface area (Å²) in [6.07, 6.45) is 1.31. The molecule has 0 aliphatic heterocycles. The summed E-state index contributed by atoms with van der Waals surface area (Å²) < 4.78 is 4.88. The third kappa shape index (κ3) is 4.25. The van der Waals surface area contributed by atoms with Crippen LogP contribution in [-0.4, -0.2) is 48.6 Å². The van der Waals surface area contributed by atoms with Gasteiger partial charge in [0.25, 0.3) is 0 Å². The highest BCUT2D eigenvalue weighted by Gasteiger charge is 2.10. The standard InChI is InChI=1S/C13H22N2O3/c1-4-13(17)12-6-5-10(7-14-12)15(2)8-11(16)9-18-3/h5-7,11,13,16-17H,4,8-9H2,1-3H3/t11?,13-/m0/s1. The monoisotopic (exact) mass is 254 g/mol. The first-order valence-corrected chi connectivity index (χ1v) is 6.10. The van der Waals surface area contributed by atoms with E-state index in [0.717, 1.165) is 5.69 Å². The van der Waals surface area contributed by atoms with Gasteiger partial charge < -0.3 is 19.8 Å². The number of anilines is 1. The summed E-state index contributed by atoms with van der Waals surface area (Å²) in [6, 6.07) is 3.70. The van der Waals surface area contributed by atoms with Gasteiger partial charge in [0.1, 0.15) is 0 Å². The number of rotatable bonds is 7. The van der Waals surface area contributed by atoms with E-state index in [4.69, 9.17) is 4.74 Å². The Balaban J connectivity index is 2.61. The third-order valence-corrected chi connectivity index (χ3v) is 2.78. The second-order valence-corrected chi connectivity index (χ2v) is 4.35. The Labute approximate surface area is 108 Å². The fraction of sp³-hybridized carbons (Fsp3) is 0.615. The van der Waals surface area contributed by atoms with Crippen molar-refractivity contribution < 1.29 is 14.9 Å². The molecule has 0 aliphatic carbocycles. The molecule has 1 rings (SSSR count). The average molecular weight is 254 g/mol. The van der Waals surface area contributed by atoms with Crippen molar-refractivity contribution in [3.63, 3.8) is 0 Å². The van der Waals surface area contributed by atoms with Gasteiger partial charge in [-0.15, -0.1) is 0 Å². The minimum Gasteiger partial charge on any atom is -0.389 e. The predicted molar refractivity (Wildman–Crippen MR) is 70.6 cm³/mol. The van der Waals surface area contributed by atoms with Gasteiger partial charge in [-0.1, -0.05) is 6.92 Å². The molecule has 2 N–H and O–H groups in total. The highest BCUT2D eigenvalue weighted by atomic mass is 16.5. The fourth-order valence-corrected chi connectivity index (χ4v) is 1.70. The Morgan fingerprint density at radius 3 is 2.61 bits per heavy atom. The van der Waals surface area contributed by atoms with Gasteiger partial charge in [-0.2, -0.15) is 0 Å². The number of aliphatic hydroxyl groups excluding tert-OH is 2. The topological polar surface area (TPSA) is 65.8 Å². The average Bonchev–Trinajstić information content (AvgIpc) is 2.38. The number of ether oxygens (including phenoxy) is 1. The van der Waals surface area contributed by atoms with Crippen LogP contribution in [0.25, 0.3) is 0 Å². The summed E-state index contributed by atoms with van der Waals surface area (Å²) in [4.78, 5) is 6.12. The molecule has 0 spiro atoms. The van der Waals surface area contributed by atoms with Crippen LogP contribution in [0.15, 0.2) is 18.3 Å². The van der Waals surface area contributed by atoms with Crippen LogP contribution in [0.4, 0.5) is 5.69 Å². The van der Waals surface area contributed by atoms with Crippen LogP contribution in [0.3, 0.4) is 0 Å². The van der Waals surface area contributed by atoms with E-state index in [2.05, 4.69) is 4.98 Å². The number of likely N-dealkylation sites (N-methyl/N-ethyl adjacent to an activating group) is 1. The Morgan fingerprint density at radius 1 is 1.39 bits per heavy atom. The molecule has 0 radical (unpaired) electrons. The van der Waals surface area contributed by atoms with Gasteiger partial charge in [-0.25, -0.2) is 0 Å². The molecule has 0 saturated carbocycles. The van der Waals surface area contributed by atoms with Crippen molar-refractivity contribution in [1.29, 1.82) is 0 Å². The quantitative estimate of drug-likeness (QED) is 0.759.